The van der Waals surface area contributed by atoms with Gasteiger partial charge in [-0.1, -0.05) is 30.3 Å². The number of nitrogens with zero attached hydrogens (tertiary/aromatic N) is 2. The first-order valence-corrected chi connectivity index (χ1v) is 6.29. The molecule has 1 aromatic carbocycles. The summed E-state index contributed by atoms with van der Waals surface area (Å²) in [5, 5.41) is 4.36. The van der Waals surface area contributed by atoms with Crippen LogP contribution in [0.5, 0.6) is 0 Å². The zero-order chi connectivity index (χ0) is 13.2. The Bertz CT molecular complexity index is 512. The van der Waals surface area contributed by atoms with Crippen molar-refractivity contribution in [3.63, 3.8) is 0 Å². The van der Waals surface area contributed by atoms with E-state index in [0.717, 1.165) is 18.5 Å². The van der Waals surface area contributed by atoms with Crippen molar-refractivity contribution in [2.24, 2.45) is 12.8 Å². The van der Waals surface area contributed by atoms with Gasteiger partial charge in [0, 0.05) is 24.7 Å². The number of rotatable bonds is 4. The molecule has 0 aliphatic carbocycles. The van der Waals surface area contributed by atoms with Crippen molar-refractivity contribution >= 4 is 0 Å². The Morgan fingerprint density at radius 1 is 1.22 bits per heavy atom. The van der Waals surface area contributed by atoms with E-state index in [2.05, 4.69) is 42.4 Å². The Balaban J connectivity index is 2.10. The van der Waals surface area contributed by atoms with Crippen LogP contribution in [0.15, 0.2) is 36.4 Å². The third kappa shape index (κ3) is 3.20. The third-order valence-electron chi connectivity index (χ3n) is 3.13. The van der Waals surface area contributed by atoms with E-state index >= 15 is 0 Å². The summed E-state index contributed by atoms with van der Waals surface area (Å²) in [6.45, 7) is 4.11. The van der Waals surface area contributed by atoms with E-state index in [1.807, 2.05) is 24.7 Å². The van der Waals surface area contributed by atoms with Crippen LogP contribution >= 0.6 is 0 Å². The second-order valence-corrected chi connectivity index (χ2v) is 5.39. The van der Waals surface area contributed by atoms with Crippen molar-refractivity contribution in [1.82, 2.24) is 9.78 Å². The lowest BCUT2D eigenvalue weighted by Crippen LogP contribution is -2.41. The molecule has 0 aliphatic rings. The van der Waals surface area contributed by atoms with Crippen LogP contribution in [0.25, 0.3) is 0 Å². The summed E-state index contributed by atoms with van der Waals surface area (Å²) in [6, 6.07) is 12.5. The summed E-state index contributed by atoms with van der Waals surface area (Å²) in [5.41, 5.74) is 9.68. The molecule has 1 atom stereocenters. The molecule has 1 aromatic heterocycles. The number of hydrogen-bond donors (Lipinski definition) is 1. The normalized spacial score (nSPS) is 14.4. The minimum Gasteiger partial charge on any atom is -0.325 e. The topological polar surface area (TPSA) is 43.8 Å². The van der Waals surface area contributed by atoms with E-state index < -0.39 is 0 Å². The van der Waals surface area contributed by atoms with E-state index in [9.17, 15) is 0 Å². The molecule has 0 aliphatic heterocycles. The SMILES string of the molecule is Cc1cc(CC(C)(N)Cc2ccccc2)n(C)n1. The molecule has 2 rings (SSSR count). The predicted molar refractivity (Wildman–Crippen MR) is 74.4 cm³/mol. The predicted octanol–water partition coefficient (Wildman–Crippen LogP) is 2.23. The van der Waals surface area contributed by atoms with Crippen LogP contribution in [0.2, 0.25) is 0 Å². The van der Waals surface area contributed by atoms with Crippen molar-refractivity contribution in [2.45, 2.75) is 32.2 Å². The number of aryl methyl sites for hydroxylation is 2. The van der Waals surface area contributed by atoms with Crippen LogP contribution in [-0.4, -0.2) is 15.3 Å². The highest BCUT2D eigenvalue weighted by Crippen LogP contribution is 2.16. The van der Waals surface area contributed by atoms with Crippen LogP contribution < -0.4 is 5.73 Å². The molecule has 0 saturated heterocycles. The fourth-order valence-electron chi connectivity index (χ4n) is 2.37. The average Bonchev–Trinajstić information content (AvgIpc) is 2.57. The van der Waals surface area contributed by atoms with E-state index in [4.69, 9.17) is 5.73 Å². The fourth-order valence-corrected chi connectivity index (χ4v) is 2.37. The highest BCUT2D eigenvalue weighted by atomic mass is 15.3. The summed E-state index contributed by atoms with van der Waals surface area (Å²) in [6.07, 6.45) is 1.71. The van der Waals surface area contributed by atoms with Gasteiger partial charge in [-0.25, -0.2) is 0 Å². The van der Waals surface area contributed by atoms with Crippen molar-refractivity contribution in [2.75, 3.05) is 0 Å². The largest absolute Gasteiger partial charge is 0.325 e. The Morgan fingerprint density at radius 2 is 1.89 bits per heavy atom. The molecule has 0 radical (unpaired) electrons. The molecule has 3 heteroatoms. The monoisotopic (exact) mass is 243 g/mol. The van der Waals surface area contributed by atoms with Gasteiger partial charge >= 0.3 is 0 Å². The summed E-state index contributed by atoms with van der Waals surface area (Å²) >= 11 is 0. The molecule has 0 bridgehead atoms. The Kier molecular flexibility index (Phi) is 3.53. The number of aromatic nitrogens is 2. The van der Waals surface area contributed by atoms with Crippen molar-refractivity contribution in [3.05, 3.63) is 53.3 Å². The molecule has 0 fully saturated rings. The summed E-state index contributed by atoms with van der Waals surface area (Å²) in [4.78, 5) is 0. The molecule has 0 saturated carbocycles. The molecular formula is C15H21N3. The molecule has 0 amide bonds. The van der Waals surface area contributed by atoms with Crippen LogP contribution in [-0.2, 0) is 19.9 Å². The zero-order valence-corrected chi connectivity index (χ0v) is 11.4. The highest BCUT2D eigenvalue weighted by Gasteiger charge is 2.21. The van der Waals surface area contributed by atoms with Gasteiger partial charge in [0.25, 0.3) is 0 Å². The molecule has 1 heterocycles. The number of nitrogens with two attached hydrogens (primary N) is 1. The number of hydrogen-bond acceptors (Lipinski definition) is 2. The van der Waals surface area contributed by atoms with E-state index in [-0.39, 0.29) is 5.54 Å². The summed E-state index contributed by atoms with van der Waals surface area (Å²) in [7, 11) is 1.97. The molecule has 2 N–H and O–H groups in total. The van der Waals surface area contributed by atoms with E-state index in [1.165, 1.54) is 11.3 Å². The van der Waals surface area contributed by atoms with Crippen molar-refractivity contribution in [3.8, 4) is 0 Å². The number of benzene rings is 1. The molecular weight excluding hydrogens is 222 g/mol. The van der Waals surface area contributed by atoms with Crippen LogP contribution in [0, 0.1) is 6.92 Å². The standard InChI is InChI=1S/C15H21N3/c1-12-9-14(18(3)17-12)11-15(2,16)10-13-7-5-4-6-8-13/h4-9H,10-11,16H2,1-3H3. The summed E-state index contributed by atoms with van der Waals surface area (Å²) < 4.78 is 1.92. The fraction of sp³-hybridized carbons (Fsp3) is 0.400. The smallest absolute Gasteiger partial charge is 0.0596 e. The van der Waals surface area contributed by atoms with E-state index in [1.54, 1.807) is 0 Å². The third-order valence-corrected chi connectivity index (χ3v) is 3.13. The highest BCUT2D eigenvalue weighted by molar-refractivity contribution is 5.19. The van der Waals surface area contributed by atoms with Crippen LogP contribution in [0.4, 0.5) is 0 Å². The molecule has 3 nitrogen and oxygen atoms in total. The van der Waals surface area contributed by atoms with Gasteiger partial charge in [-0.05, 0) is 31.9 Å². The first-order valence-electron chi connectivity index (χ1n) is 6.29. The van der Waals surface area contributed by atoms with Crippen molar-refractivity contribution in [1.29, 1.82) is 0 Å². The van der Waals surface area contributed by atoms with Gasteiger partial charge in [0.1, 0.15) is 0 Å². The Labute approximate surface area is 109 Å². The lowest BCUT2D eigenvalue weighted by molar-refractivity contribution is 0.447. The maximum absolute atomic E-state index is 6.42. The first kappa shape index (κ1) is 12.8. The lowest BCUT2D eigenvalue weighted by atomic mass is 9.89. The van der Waals surface area contributed by atoms with E-state index in [0.29, 0.717) is 0 Å². The first-order chi connectivity index (χ1) is 8.46. The minimum absolute atomic E-state index is 0.248. The molecule has 18 heavy (non-hydrogen) atoms. The van der Waals surface area contributed by atoms with Gasteiger partial charge in [-0.2, -0.15) is 5.10 Å². The average molecular weight is 243 g/mol. The van der Waals surface area contributed by atoms with Gasteiger partial charge in [-0.3, -0.25) is 4.68 Å². The second-order valence-electron chi connectivity index (χ2n) is 5.39. The van der Waals surface area contributed by atoms with Gasteiger partial charge < -0.3 is 5.73 Å². The molecule has 1 unspecified atom stereocenters. The van der Waals surface area contributed by atoms with Crippen LogP contribution in [0.1, 0.15) is 23.9 Å². The van der Waals surface area contributed by atoms with Gasteiger partial charge in [0.2, 0.25) is 0 Å². The zero-order valence-electron chi connectivity index (χ0n) is 11.4. The molecule has 0 spiro atoms. The van der Waals surface area contributed by atoms with Gasteiger partial charge in [0.05, 0.1) is 5.69 Å². The lowest BCUT2D eigenvalue weighted by Gasteiger charge is -2.24. The maximum Gasteiger partial charge on any atom is 0.0596 e. The van der Waals surface area contributed by atoms with Crippen LogP contribution in [0.3, 0.4) is 0 Å². The quantitative estimate of drug-likeness (QED) is 0.895. The Hall–Kier alpha value is -1.61. The molecule has 96 valence electrons. The molecule has 2 aromatic rings. The van der Waals surface area contributed by atoms with Crippen molar-refractivity contribution < 1.29 is 0 Å². The van der Waals surface area contributed by atoms with Gasteiger partial charge in [-0.15, -0.1) is 0 Å². The summed E-state index contributed by atoms with van der Waals surface area (Å²) in [5.74, 6) is 0. The second kappa shape index (κ2) is 4.94. The maximum atomic E-state index is 6.42. The van der Waals surface area contributed by atoms with Gasteiger partial charge in [0.15, 0.2) is 0 Å². The Morgan fingerprint density at radius 3 is 2.44 bits per heavy atom. The minimum atomic E-state index is -0.248.